The van der Waals surface area contributed by atoms with Crippen LogP contribution in [0.1, 0.15) is 10.4 Å². The van der Waals surface area contributed by atoms with Crippen LogP contribution in [0.3, 0.4) is 0 Å². The van der Waals surface area contributed by atoms with Gasteiger partial charge in [0, 0.05) is 10.9 Å². The molecule has 0 aliphatic carbocycles. The zero-order valence-corrected chi connectivity index (χ0v) is 15.3. The number of sulfonamides is 1. The van der Waals surface area contributed by atoms with Crippen molar-refractivity contribution in [1.82, 2.24) is 0 Å². The van der Waals surface area contributed by atoms with E-state index in [4.69, 9.17) is 4.74 Å². The molecule has 1 aliphatic rings. The van der Waals surface area contributed by atoms with Crippen molar-refractivity contribution in [3.8, 4) is 0 Å². The average molecular weight is 399 g/mol. The zero-order valence-electron chi connectivity index (χ0n) is 14.5. The van der Waals surface area contributed by atoms with E-state index in [-0.39, 0.29) is 10.5 Å². The highest BCUT2D eigenvalue weighted by molar-refractivity contribution is 7.93. The SMILES string of the molecule is O=C(CN1c2cccc3cccc(c23)S1(=O)=O)OCC(=O)c1ccc(F)cc1. The van der Waals surface area contributed by atoms with Gasteiger partial charge in [-0.3, -0.25) is 13.9 Å². The van der Waals surface area contributed by atoms with Gasteiger partial charge in [0.15, 0.2) is 12.4 Å². The molecule has 0 aromatic heterocycles. The van der Waals surface area contributed by atoms with Crippen LogP contribution in [0.15, 0.2) is 65.6 Å². The summed E-state index contributed by atoms with van der Waals surface area (Å²) in [5.41, 5.74) is 0.593. The van der Waals surface area contributed by atoms with Gasteiger partial charge in [0.05, 0.1) is 10.6 Å². The van der Waals surface area contributed by atoms with Crippen molar-refractivity contribution in [3.63, 3.8) is 0 Å². The lowest BCUT2D eigenvalue weighted by Gasteiger charge is -2.17. The van der Waals surface area contributed by atoms with E-state index in [9.17, 15) is 22.4 Å². The number of anilines is 1. The number of nitrogens with zero attached hydrogens (tertiary/aromatic N) is 1. The molecule has 1 aliphatic heterocycles. The number of ketones is 1. The number of carbonyl (C=O) groups is 2. The molecule has 0 saturated heterocycles. The average Bonchev–Trinajstić information content (AvgIpc) is 2.90. The lowest BCUT2D eigenvalue weighted by atomic mass is 10.1. The van der Waals surface area contributed by atoms with Gasteiger partial charge in [0.25, 0.3) is 10.0 Å². The van der Waals surface area contributed by atoms with E-state index in [1.165, 1.54) is 18.2 Å². The van der Waals surface area contributed by atoms with Crippen LogP contribution >= 0.6 is 0 Å². The number of ether oxygens (including phenoxy) is 1. The van der Waals surface area contributed by atoms with Gasteiger partial charge in [0.1, 0.15) is 12.4 Å². The lowest BCUT2D eigenvalue weighted by molar-refractivity contribution is -0.140. The second-order valence-electron chi connectivity index (χ2n) is 6.23. The van der Waals surface area contributed by atoms with Gasteiger partial charge in [-0.2, -0.15) is 0 Å². The number of esters is 1. The van der Waals surface area contributed by atoms with Gasteiger partial charge in [-0.25, -0.2) is 12.8 Å². The van der Waals surface area contributed by atoms with Crippen molar-refractivity contribution in [1.29, 1.82) is 0 Å². The van der Waals surface area contributed by atoms with E-state index in [1.807, 2.05) is 0 Å². The smallest absolute Gasteiger partial charge is 0.327 e. The Morgan fingerprint density at radius 2 is 1.64 bits per heavy atom. The number of carbonyl (C=O) groups excluding carboxylic acids is 2. The predicted molar refractivity (Wildman–Crippen MR) is 100 cm³/mol. The molecule has 0 unspecified atom stereocenters. The molecule has 0 amide bonds. The van der Waals surface area contributed by atoms with Crippen molar-refractivity contribution < 1.29 is 27.1 Å². The largest absolute Gasteiger partial charge is 0.456 e. The Balaban J connectivity index is 1.50. The van der Waals surface area contributed by atoms with Gasteiger partial charge < -0.3 is 4.74 Å². The second-order valence-corrected chi connectivity index (χ2v) is 8.06. The molecular formula is C20H14FNO5S. The first kappa shape index (κ1) is 18.1. The van der Waals surface area contributed by atoms with Gasteiger partial charge in [0.2, 0.25) is 0 Å². The summed E-state index contributed by atoms with van der Waals surface area (Å²) in [6.45, 7) is -1.11. The molecule has 6 nitrogen and oxygen atoms in total. The highest BCUT2D eigenvalue weighted by atomic mass is 32.2. The fourth-order valence-electron chi connectivity index (χ4n) is 3.16. The zero-order chi connectivity index (χ0) is 19.9. The van der Waals surface area contributed by atoms with E-state index in [0.717, 1.165) is 21.8 Å². The van der Waals surface area contributed by atoms with E-state index in [2.05, 4.69) is 0 Å². The van der Waals surface area contributed by atoms with Crippen LogP contribution in [-0.4, -0.2) is 33.3 Å². The summed E-state index contributed by atoms with van der Waals surface area (Å²) in [6, 6.07) is 14.9. The normalized spacial score (nSPS) is 14.2. The van der Waals surface area contributed by atoms with Crippen molar-refractivity contribution in [2.75, 3.05) is 17.5 Å². The molecule has 3 aromatic carbocycles. The van der Waals surface area contributed by atoms with Crippen LogP contribution in [0, 0.1) is 5.82 Å². The first-order valence-corrected chi connectivity index (χ1v) is 9.81. The molecule has 0 atom stereocenters. The van der Waals surface area contributed by atoms with Crippen LogP contribution in [0.5, 0.6) is 0 Å². The minimum Gasteiger partial charge on any atom is -0.456 e. The Hall–Kier alpha value is -3.26. The summed E-state index contributed by atoms with van der Waals surface area (Å²) >= 11 is 0. The number of rotatable bonds is 5. The lowest BCUT2D eigenvalue weighted by Crippen LogP contribution is -2.34. The van der Waals surface area contributed by atoms with Crippen molar-refractivity contribution in [2.45, 2.75) is 4.90 Å². The fraction of sp³-hybridized carbons (Fsp3) is 0.100. The van der Waals surface area contributed by atoms with E-state index >= 15 is 0 Å². The highest BCUT2D eigenvalue weighted by Crippen LogP contribution is 2.41. The first-order chi connectivity index (χ1) is 13.4. The predicted octanol–water partition coefficient (Wildman–Crippen LogP) is 2.91. The maximum atomic E-state index is 12.9. The van der Waals surface area contributed by atoms with Gasteiger partial charge >= 0.3 is 5.97 Å². The van der Waals surface area contributed by atoms with E-state index in [0.29, 0.717) is 11.1 Å². The molecule has 1 heterocycles. The molecule has 0 fully saturated rings. The molecule has 0 saturated carbocycles. The second kappa shape index (κ2) is 6.72. The Morgan fingerprint density at radius 3 is 2.36 bits per heavy atom. The van der Waals surface area contributed by atoms with Crippen molar-refractivity contribution >= 4 is 38.2 Å². The van der Waals surface area contributed by atoms with Crippen molar-refractivity contribution in [3.05, 3.63) is 72.0 Å². The van der Waals surface area contributed by atoms with Crippen LogP contribution in [0.4, 0.5) is 10.1 Å². The standard InChI is InChI=1S/C20H14FNO5S/c21-15-9-7-13(8-10-15)17(23)12-27-19(24)11-22-16-5-1-3-14-4-2-6-18(20(14)16)28(22,25)26/h1-10H,11-12H2. The number of halogens is 1. The summed E-state index contributed by atoms with van der Waals surface area (Å²) in [4.78, 5) is 24.4. The summed E-state index contributed by atoms with van der Waals surface area (Å²) in [6.07, 6.45) is 0. The summed E-state index contributed by atoms with van der Waals surface area (Å²) in [7, 11) is -3.88. The van der Waals surface area contributed by atoms with Crippen molar-refractivity contribution in [2.24, 2.45) is 0 Å². The molecule has 3 aromatic rings. The number of Topliss-reactive ketones (excluding diaryl/α,β-unsaturated/α-hetero) is 1. The van der Waals surface area contributed by atoms with E-state index < -0.39 is 40.7 Å². The summed E-state index contributed by atoms with van der Waals surface area (Å²) in [5.74, 6) is -1.85. The minimum absolute atomic E-state index is 0.135. The van der Waals surface area contributed by atoms with Gasteiger partial charge in [-0.05, 0) is 41.8 Å². The molecule has 0 radical (unpaired) electrons. The third kappa shape index (κ3) is 3.01. The molecule has 4 rings (SSSR count). The first-order valence-electron chi connectivity index (χ1n) is 8.37. The van der Waals surface area contributed by atoms with Crippen LogP contribution in [-0.2, 0) is 19.6 Å². The monoisotopic (exact) mass is 399 g/mol. The quantitative estimate of drug-likeness (QED) is 0.487. The maximum absolute atomic E-state index is 12.9. The molecule has 8 heteroatoms. The number of hydrogen-bond acceptors (Lipinski definition) is 5. The molecule has 0 bridgehead atoms. The molecule has 0 N–H and O–H groups in total. The van der Waals surface area contributed by atoms with E-state index in [1.54, 1.807) is 30.3 Å². The van der Waals surface area contributed by atoms with Crippen LogP contribution < -0.4 is 4.31 Å². The molecular weight excluding hydrogens is 385 g/mol. The van der Waals surface area contributed by atoms with Crippen LogP contribution in [0.2, 0.25) is 0 Å². The Labute approximate surface area is 160 Å². The fourth-order valence-corrected chi connectivity index (χ4v) is 4.81. The highest BCUT2D eigenvalue weighted by Gasteiger charge is 2.37. The Kier molecular flexibility index (Phi) is 4.35. The third-order valence-electron chi connectivity index (χ3n) is 4.48. The number of benzene rings is 3. The van der Waals surface area contributed by atoms with Gasteiger partial charge in [-0.15, -0.1) is 0 Å². The molecule has 0 spiro atoms. The van der Waals surface area contributed by atoms with Crippen LogP contribution in [0.25, 0.3) is 10.8 Å². The Morgan fingerprint density at radius 1 is 0.964 bits per heavy atom. The topological polar surface area (TPSA) is 80.8 Å². The Bertz CT molecular complexity index is 1200. The summed E-state index contributed by atoms with van der Waals surface area (Å²) < 4.78 is 44.5. The molecule has 28 heavy (non-hydrogen) atoms. The number of hydrogen-bond donors (Lipinski definition) is 0. The minimum atomic E-state index is -3.88. The molecule has 142 valence electrons. The van der Waals surface area contributed by atoms with Gasteiger partial charge in [-0.1, -0.05) is 24.3 Å². The summed E-state index contributed by atoms with van der Waals surface area (Å²) in [5, 5.41) is 1.31. The maximum Gasteiger partial charge on any atom is 0.327 e. The third-order valence-corrected chi connectivity index (χ3v) is 6.29.